The molecular weight excluding hydrogens is 423 g/mol. The Kier molecular flexibility index (Phi) is 12.7. The maximum Gasteiger partial charge on any atom is 0.228 e. The number of amides is 1. The number of hydrogen-bond acceptors (Lipinski definition) is 2. The van der Waals surface area contributed by atoms with Crippen molar-refractivity contribution in [3.8, 4) is 0 Å². The van der Waals surface area contributed by atoms with E-state index in [0.717, 1.165) is 48.5 Å². The van der Waals surface area contributed by atoms with E-state index in [-0.39, 0.29) is 12.6 Å². The first-order chi connectivity index (χ1) is 15.3. The smallest absolute Gasteiger partial charge is 0.228 e. The van der Waals surface area contributed by atoms with Crippen LogP contribution >= 0.6 is 11.6 Å². The predicted octanol–water partition coefficient (Wildman–Crippen LogP) is 7.60. The number of hydrogen-bond donors (Lipinski definition) is 0. The highest BCUT2D eigenvalue weighted by Crippen LogP contribution is 2.31. The first-order valence-electron chi connectivity index (χ1n) is 11.4. The predicted molar refractivity (Wildman–Crippen MR) is 136 cm³/mol. The molecule has 176 valence electrons. The van der Waals surface area contributed by atoms with Crippen LogP contribution in [0.1, 0.15) is 64.5 Å². The van der Waals surface area contributed by atoms with Gasteiger partial charge in [0.2, 0.25) is 5.91 Å². The van der Waals surface area contributed by atoms with Crippen molar-refractivity contribution < 1.29 is 9.18 Å². The molecule has 1 aromatic rings. The van der Waals surface area contributed by atoms with E-state index in [1.165, 1.54) is 5.56 Å². The quantitative estimate of drug-likeness (QED) is 0.378. The molecule has 1 aromatic carbocycles. The van der Waals surface area contributed by atoms with E-state index in [0.29, 0.717) is 17.9 Å². The van der Waals surface area contributed by atoms with Crippen LogP contribution in [-0.2, 0) is 4.79 Å². The highest BCUT2D eigenvalue weighted by Gasteiger charge is 2.22. The number of benzene rings is 1. The van der Waals surface area contributed by atoms with Crippen molar-refractivity contribution in [1.29, 1.82) is 0 Å². The van der Waals surface area contributed by atoms with Gasteiger partial charge >= 0.3 is 0 Å². The summed E-state index contributed by atoms with van der Waals surface area (Å²) in [6.07, 6.45) is 8.41. The lowest BCUT2D eigenvalue weighted by atomic mass is 10.0. The van der Waals surface area contributed by atoms with Crippen LogP contribution in [0.3, 0.4) is 0 Å². The minimum Gasteiger partial charge on any atom is -0.342 e. The minimum atomic E-state index is -0.181. The Bertz CT molecular complexity index is 832. The number of carbonyl (C=O) groups is 1. The van der Waals surface area contributed by atoms with Gasteiger partial charge in [-0.05, 0) is 56.4 Å². The van der Waals surface area contributed by atoms with Gasteiger partial charge in [0.1, 0.15) is 0 Å². The molecule has 0 unspecified atom stereocenters. The first-order valence-corrected chi connectivity index (χ1v) is 11.8. The zero-order valence-corrected chi connectivity index (χ0v) is 21.0. The van der Waals surface area contributed by atoms with Crippen LogP contribution in [0.5, 0.6) is 0 Å². The molecule has 1 aliphatic heterocycles. The molecule has 5 heteroatoms. The van der Waals surface area contributed by atoms with Gasteiger partial charge < -0.3 is 9.80 Å². The summed E-state index contributed by atoms with van der Waals surface area (Å²) in [5.41, 5.74) is 5.07. The van der Waals surface area contributed by atoms with Gasteiger partial charge in [0, 0.05) is 30.7 Å². The SMILES string of the molecule is C=C1C=CC(Cl)=CN1/C(CC(=O)N(CCC)CCC)=C(\C)c1ccc(C)cc1.CCCF. The molecule has 2 rings (SSSR count). The van der Waals surface area contributed by atoms with Gasteiger partial charge in [0.15, 0.2) is 0 Å². The summed E-state index contributed by atoms with van der Waals surface area (Å²) >= 11 is 6.26. The van der Waals surface area contributed by atoms with Gasteiger partial charge in [0.05, 0.1) is 18.1 Å². The molecule has 1 aliphatic rings. The molecule has 0 radical (unpaired) electrons. The second kappa shape index (κ2) is 14.7. The Labute approximate surface area is 198 Å². The standard InChI is InChI=1S/C24H31ClN2O.C3H7F/c1-6-14-26(15-7-2)24(28)16-23(27-17-22(25)13-10-19(27)4)20(5)21-11-8-18(3)9-12-21;1-2-3-4/h8-13,17H,4,6-7,14-16H2,1-3,5H3;2-3H2,1H3/b23-20+;. The Morgan fingerprint density at radius 3 is 2.12 bits per heavy atom. The van der Waals surface area contributed by atoms with E-state index in [9.17, 15) is 9.18 Å². The Morgan fingerprint density at radius 1 is 1.06 bits per heavy atom. The van der Waals surface area contributed by atoms with Gasteiger partial charge in [-0.25, -0.2) is 0 Å². The fourth-order valence-corrected chi connectivity index (χ4v) is 3.44. The highest BCUT2D eigenvalue weighted by molar-refractivity contribution is 6.31. The molecule has 0 bridgehead atoms. The van der Waals surface area contributed by atoms with Gasteiger partial charge in [-0.1, -0.05) is 68.8 Å². The summed E-state index contributed by atoms with van der Waals surface area (Å²) in [6.45, 7) is 15.7. The molecule has 0 aliphatic carbocycles. The molecule has 0 atom stereocenters. The average molecular weight is 461 g/mol. The second-order valence-corrected chi connectivity index (χ2v) is 8.33. The summed E-state index contributed by atoms with van der Waals surface area (Å²) in [7, 11) is 0. The van der Waals surface area contributed by atoms with Gasteiger partial charge in [-0.2, -0.15) is 0 Å². The van der Waals surface area contributed by atoms with E-state index in [4.69, 9.17) is 11.6 Å². The molecule has 0 spiro atoms. The van der Waals surface area contributed by atoms with Gasteiger partial charge in [-0.3, -0.25) is 9.18 Å². The molecule has 3 nitrogen and oxygen atoms in total. The molecule has 0 fully saturated rings. The molecule has 32 heavy (non-hydrogen) atoms. The second-order valence-electron chi connectivity index (χ2n) is 7.89. The molecular formula is C27H38ClFN2O. The van der Waals surface area contributed by atoms with Crippen LogP contribution < -0.4 is 0 Å². The Balaban J connectivity index is 0.00000118. The lowest BCUT2D eigenvalue weighted by Gasteiger charge is -2.30. The van der Waals surface area contributed by atoms with Crippen LogP contribution in [0.2, 0.25) is 0 Å². The number of aryl methyl sites for hydroxylation is 1. The van der Waals surface area contributed by atoms with Crippen LogP contribution in [-0.4, -0.2) is 35.5 Å². The lowest BCUT2D eigenvalue weighted by Crippen LogP contribution is -2.34. The summed E-state index contributed by atoms with van der Waals surface area (Å²) in [5.74, 6) is 0.136. The number of allylic oxidation sites excluding steroid dienone is 4. The van der Waals surface area contributed by atoms with E-state index >= 15 is 0 Å². The fourth-order valence-electron chi connectivity index (χ4n) is 3.28. The molecule has 0 N–H and O–H groups in total. The third-order valence-corrected chi connectivity index (χ3v) is 5.28. The number of nitrogens with zero attached hydrogens (tertiary/aromatic N) is 2. The molecule has 0 aromatic heterocycles. The van der Waals surface area contributed by atoms with Crippen molar-refractivity contribution in [3.63, 3.8) is 0 Å². The van der Waals surface area contributed by atoms with E-state index < -0.39 is 0 Å². The number of alkyl halides is 1. The maximum absolute atomic E-state index is 13.1. The van der Waals surface area contributed by atoms with Crippen molar-refractivity contribution in [2.24, 2.45) is 0 Å². The summed E-state index contributed by atoms with van der Waals surface area (Å²) in [5, 5.41) is 0.619. The summed E-state index contributed by atoms with van der Waals surface area (Å²) < 4.78 is 10.7. The molecule has 0 saturated carbocycles. The third-order valence-electron chi connectivity index (χ3n) is 5.05. The van der Waals surface area contributed by atoms with E-state index in [1.54, 1.807) is 6.92 Å². The van der Waals surface area contributed by atoms with Crippen molar-refractivity contribution in [2.45, 2.75) is 60.3 Å². The zero-order chi connectivity index (χ0) is 24.1. The van der Waals surface area contributed by atoms with E-state index in [2.05, 4.69) is 58.5 Å². The van der Waals surface area contributed by atoms with E-state index in [1.807, 2.05) is 28.2 Å². The van der Waals surface area contributed by atoms with Crippen molar-refractivity contribution in [1.82, 2.24) is 9.80 Å². The highest BCUT2D eigenvalue weighted by atomic mass is 35.5. The Hall–Kier alpha value is -2.33. The number of carbonyl (C=O) groups excluding carboxylic acids is 1. The molecule has 1 amide bonds. The first kappa shape index (κ1) is 27.7. The average Bonchev–Trinajstić information content (AvgIpc) is 2.79. The largest absolute Gasteiger partial charge is 0.342 e. The number of halogens is 2. The van der Waals surface area contributed by atoms with Crippen LogP contribution in [0, 0.1) is 6.92 Å². The maximum atomic E-state index is 13.1. The monoisotopic (exact) mass is 460 g/mol. The van der Waals surface area contributed by atoms with Gasteiger partial charge in [-0.15, -0.1) is 0 Å². The van der Waals surface area contributed by atoms with Crippen LogP contribution in [0.15, 0.2) is 65.6 Å². The normalized spacial score (nSPS) is 13.8. The topological polar surface area (TPSA) is 23.6 Å². The number of rotatable bonds is 9. The Morgan fingerprint density at radius 2 is 1.62 bits per heavy atom. The lowest BCUT2D eigenvalue weighted by molar-refractivity contribution is -0.130. The van der Waals surface area contributed by atoms with Crippen LogP contribution in [0.25, 0.3) is 5.57 Å². The molecule has 1 heterocycles. The zero-order valence-electron chi connectivity index (χ0n) is 20.3. The van der Waals surface area contributed by atoms with Gasteiger partial charge in [0.25, 0.3) is 0 Å². The van der Waals surface area contributed by atoms with Crippen LogP contribution in [0.4, 0.5) is 4.39 Å². The van der Waals surface area contributed by atoms with Crippen molar-refractivity contribution >= 4 is 23.1 Å². The van der Waals surface area contributed by atoms with Crippen molar-refractivity contribution in [3.05, 3.63) is 76.7 Å². The molecule has 0 saturated heterocycles. The summed E-state index contributed by atoms with van der Waals surface area (Å²) in [6, 6.07) is 8.37. The van der Waals surface area contributed by atoms with Crippen molar-refractivity contribution in [2.75, 3.05) is 19.8 Å². The third kappa shape index (κ3) is 8.66. The summed E-state index contributed by atoms with van der Waals surface area (Å²) in [4.78, 5) is 17.0. The minimum absolute atomic E-state index is 0.136. The fraction of sp³-hybridized carbons (Fsp3) is 0.444.